The summed E-state index contributed by atoms with van der Waals surface area (Å²) in [5, 5.41) is 4.07. The third-order valence-corrected chi connectivity index (χ3v) is 3.21. The van der Waals surface area contributed by atoms with Gasteiger partial charge in [0.1, 0.15) is 0 Å². The van der Waals surface area contributed by atoms with Crippen LogP contribution in [0.25, 0.3) is 0 Å². The summed E-state index contributed by atoms with van der Waals surface area (Å²) in [6.07, 6.45) is 0.469. The molecule has 1 amide bonds. The Labute approximate surface area is 81.2 Å². The molecule has 1 aromatic heterocycles. The molecule has 13 heavy (non-hydrogen) atoms. The van der Waals surface area contributed by atoms with Crippen molar-refractivity contribution in [3.8, 4) is 0 Å². The molecule has 1 saturated heterocycles. The molecule has 0 bridgehead atoms. The molecule has 3 nitrogen and oxygen atoms in total. The van der Waals surface area contributed by atoms with Gasteiger partial charge in [-0.15, -0.1) is 0 Å². The summed E-state index contributed by atoms with van der Waals surface area (Å²) < 4.78 is 0. The van der Waals surface area contributed by atoms with Crippen molar-refractivity contribution in [3.63, 3.8) is 0 Å². The quantitative estimate of drug-likeness (QED) is 0.727. The zero-order valence-corrected chi connectivity index (χ0v) is 8.25. The van der Waals surface area contributed by atoms with Crippen LogP contribution in [0.2, 0.25) is 0 Å². The minimum atomic E-state index is -0.0490. The van der Waals surface area contributed by atoms with Crippen molar-refractivity contribution in [3.05, 3.63) is 22.4 Å². The number of nitrogens with zero attached hydrogens (tertiary/aromatic N) is 1. The number of thiophene rings is 1. The number of likely N-dealkylation sites (tertiary alicyclic amines) is 1. The molecule has 0 aliphatic carbocycles. The molecular formula is C9H12N2OS. The monoisotopic (exact) mass is 196 g/mol. The van der Waals surface area contributed by atoms with Crippen LogP contribution in [-0.4, -0.2) is 23.9 Å². The predicted molar refractivity (Wildman–Crippen MR) is 52.4 cm³/mol. The fraction of sp³-hybridized carbons (Fsp3) is 0.444. The second kappa shape index (κ2) is 3.12. The number of nitrogens with two attached hydrogens (primary N) is 1. The molecule has 1 aliphatic rings. The van der Waals surface area contributed by atoms with Gasteiger partial charge in [0, 0.05) is 19.5 Å². The molecule has 2 unspecified atom stereocenters. The van der Waals surface area contributed by atoms with Gasteiger partial charge in [-0.1, -0.05) is 0 Å². The molecular weight excluding hydrogens is 184 g/mol. The molecule has 0 saturated carbocycles. The highest BCUT2D eigenvalue weighted by atomic mass is 32.1. The Kier molecular flexibility index (Phi) is 2.09. The van der Waals surface area contributed by atoms with Crippen LogP contribution < -0.4 is 5.73 Å². The molecule has 2 rings (SSSR count). The second-order valence-corrected chi connectivity index (χ2v) is 4.15. The van der Waals surface area contributed by atoms with Gasteiger partial charge in [-0.2, -0.15) is 11.3 Å². The first kappa shape index (κ1) is 8.72. The van der Waals surface area contributed by atoms with Crippen LogP contribution in [0.5, 0.6) is 0 Å². The van der Waals surface area contributed by atoms with Gasteiger partial charge in [0.25, 0.3) is 0 Å². The Morgan fingerprint density at radius 2 is 2.46 bits per heavy atom. The first-order valence-corrected chi connectivity index (χ1v) is 5.18. The fourth-order valence-corrected chi connectivity index (χ4v) is 2.50. The Balaban J connectivity index is 2.29. The largest absolute Gasteiger partial charge is 0.337 e. The summed E-state index contributed by atoms with van der Waals surface area (Å²) in [7, 11) is 1.82. The van der Waals surface area contributed by atoms with Crippen LogP contribution in [0.15, 0.2) is 16.8 Å². The van der Waals surface area contributed by atoms with Gasteiger partial charge < -0.3 is 10.6 Å². The lowest BCUT2D eigenvalue weighted by Crippen LogP contribution is -2.29. The van der Waals surface area contributed by atoms with Crippen molar-refractivity contribution in [1.82, 2.24) is 4.90 Å². The van der Waals surface area contributed by atoms with Crippen molar-refractivity contribution in [2.24, 2.45) is 5.73 Å². The molecule has 1 aliphatic heterocycles. The van der Waals surface area contributed by atoms with E-state index >= 15 is 0 Å². The first-order chi connectivity index (χ1) is 6.20. The molecule has 1 aromatic rings. The SMILES string of the molecule is CN1C(=O)CC(N)C1c1ccsc1. The number of rotatable bonds is 1. The smallest absolute Gasteiger partial charge is 0.224 e. The van der Waals surface area contributed by atoms with Crippen LogP contribution >= 0.6 is 11.3 Å². The number of hydrogen-bond acceptors (Lipinski definition) is 3. The normalized spacial score (nSPS) is 28.5. The summed E-state index contributed by atoms with van der Waals surface area (Å²) >= 11 is 1.64. The lowest BCUT2D eigenvalue weighted by Gasteiger charge is -2.21. The minimum absolute atomic E-state index is 0.0490. The highest BCUT2D eigenvalue weighted by Crippen LogP contribution is 2.31. The average Bonchev–Trinajstić information content (AvgIpc) is 2.63. The minimum Gasteiger partial charge on any atom is -0.337 e. The van der Waals surface area contributed by atoms with Gasteiger partial charge in [0.15, 0.2) is 0 Å². The van der Waals surface area contributed by atoms with E-state index < -0.39 is 0 Å². The van der Waals surface area contributed by atoms with Gasteiger partial charge in [0.2, 0.25) is 5.91 Å². The fourth-order valence-electron chi connectivity index (χ4n) is 1.81. The van der Waals surface area contributed by atoms with Crippen molar-refractivity contribution >= 4 is 17.2 Å². The van der Waals surface area contributed by atoms with E-state index in [1.807, 2.05) is 18.5 Å². The predicted octanol–water partition coefficient (Wildman–Crippen LogP) is 0.979. The summed E-state index contributed by atoms with van der Waals surface area (Å²) in [5.41, 5.74) is 7.05. The molecule has 1 fully saturated rings. The number of carbonyl (C=O) groups is 1. The highest BCUT2D eigenvalue weighted by molar-refractivity contribution is 7.08. The average molecular weight is 196 g/mol. The van der Waals surface area contributed by atoms with Gasteiger partial charge in [-0.3, -0.25) is 4.79 Å². The number of likely N-dealkylation sites (N-methyl/N-ethyl adjacent to an activating group) is 1. The van der Waals surface area contributed by atoms with Crippen molar-refractivity contribution in [2.75, 3.05) is 7.05 Å². The van der Waals surface area contributed by atoms with E-state index in [1.54, 1.807) is 16.2 Å². The lowest BCUT2D eigenvalue weighted by molar-refractivity contribution is -0.127. The van der Waals surface area contributed by atoms with Crippen LogP contribution in [0.3, 0.4) is 0 Å². The Bertz CT molecular complexity index is 309. The van der Waals surface area contributed by atoms with Gasteiger partial charge in [-0.25, -0.2) is 0 Å². The lowest BCUT2D eigenvalue weighted by atomic mass is 10.0. The van der Waals surface area contributed by atoms with Crippen LogP contribution in [0.4, 0.5) is 0 Å². The molecule has 70 valence electrons. The van der Waals surface area contributed by atoms with E-state index in [2.05, 4.69) is 5.38 Å². The van der Waals surface area contributed by atoms with Crippen molar-refractivity contribution in [1.29, 1.82) is 0 Å². The second-order valence-electron chi connectivity index (χ2n) is 3.37. The maximum Gasteiger partial charge on any atom is 0.224 e. The van der Waals surface area contributed by atoms with Crippen LogP contribution in [-0.2, 0) is 4.79 Å². The molecule has 2 N–H and O–H groups in total. The Morgan fingerprint density at radius 3 is 2.92 bits per heavy atom. The molecule has 0 aromatic carbocycles. The van der Waals surface area contributed by atoms with Crippen LogP contribution in [0, 0.1) is 0 Å². The van der Waals surface area contributed by atoms with Crippen LogP contribution in [0.1, 0.15) is 18.0 Å². The van der Waals surface area contributed by atoms with E-state index in [0.29, 0.717) is 6.42 Å². The van der Waals surface area contributed by atoms with E-state index in [4.69, 9.17) is 5.73 Å². The molecule has 4 heteroatoms. The Morgan fingerprint density at radius 1 is 1.69 bits per heavy atom. The zero-order valence-electron chi connectivity index (χ0n) is 7.43. The van der Waals surface area contributed by atoms with Crippen molar-refractivity contribution in [2.45, 2.75) is 18.5 Å². The van der Waals surface area contributed by atoms with E-state index in [-0.39, 0.29) is 18.0 Å². The number of carbonyl (C=O) groups excluding carboxylic acids is 1. The summed E-state index contributed by atoms with van der Waals surface area (Å²) in [4.78, 5) is 13.1. The Hall–Kier alpha value is -0.870. The maximum absolute atomic E-state index is 11.3. The van der Waals surface area contributed by atoms with E-state index in [9.17, 15) is 4.79 Å². The molecule has 0 spiro atoms. The molecule has 2 heterocycles. The highest BCUT2D eigenvalue weighted by Gasteiger charge is 2.36. The third-order valence-electron chi connectivity index (χ3n) is 2.51. The zero-order chi connectivity index (χ0) is 9.42. The number of amides is 1. The van der Waals surface area contributed by atoms with Gasteiger partial charge in [-0.05, 0) is 22.4 Å². The third kappa shape index (κ3) is 1.36. The van der Waals surface area contributed by atoms with Gasteiger partial charge in [0.05, 0.1) is 6.04 Å². The summed E-state index contributed by atoms with van der Waals surface area (Å²) in [6, 6.07) is 2.07. The molecule has 0 radical (unpaired) electrons. The van der Waals surface area contributed by atoms with Gasteiger partial charge >= 0.3 is 0 Å². The molecule has 2 atom stereocenters. The topological polar surface area (TPSA) is 46.3 Å². The van der Waals surface area contributed by atoms with E-state index in [1.165, 1.54) is 0 Å². The van der Waals surface area contributed by atoms with E-state index in [0.717, 1.165) is 5.56 Å². The summed E-state index contributed by atoms with van der Waals surface area (Å²) in [5.74, 6) is 0.142. The first-order valence-electron chi connectivity index (χ1n) is 4.23. The summed E-state index contributed by atoms with van der Waals surface area (Å²) in [6.45, 7) is 0. The van der Waals surface area contributed by atoms with Crippen molar-refractivity contribution < 1.29 is 4.79 Å². The maximum atomic E-state index is 11.3. The standard InChI is InChI=1S/C9H12N2OS/c1-11-8(12)4-7(10)9(11)6-2-3-13-5-6/h2-3,5,7,9H,4,10H2,1H3. The number of hydrogen-bond donors (Lipinski definition) is 1.